The number of hydrogen-bond donors (Lipinski definition) is 1. The van der Waals surface area contributed by atoms with E-state index in [4.69, 9.17) is 0 Å². The van der Waals surface area contributed by atoms with E-state index in [1.165, 1.54) is 0 Å². The topological polar surface area (TPSA) is 37.8 Å². The standard InChI is InChI=1S/C12H17N3S/c1-4-12(2,3)7-13-11-10-9(5-6-16-10)14-8-15-11/h5-6,8H,4,7H2,1-3H3,(H,13,14,15). The molecule has 0 amide bonds. The Labute approximate surface area is 99.9 Å². The van der Waals surface area contributed by atoms with E-state index >= 15 is 0 Å². The molecule has 4 heteroatoms. The fourth-order valence-electron chi connectivity index (χ4n) is 1.36. The second-order valence-electron chi connectivity index (χ2n) is 4.73. The monoisotopic (exact) mass is 235 g/mol. The van der Waals surface area contributed by atoms with Gasteiger partial charge in [-0.15, -0.1) is 11.3 Å². The molecule has 0 bridgehead atoms. The summed E-state index contributed by atoms with van der Waals surface area (Å²) in [6.45, 7) is 7.66. The highest BCUT2D eigenvalue weighted by Gasteiger charge is 2.15. The van der Waals surface area contributed by atoms with Crippen LogP contribution in [0.2, 0.25) is 0 Å². The van der Waals surface area contributed by atoms with Crippen molar-refractivity contribution in [1.29, 1.82) is 0 Å². The maximum absolute atomic E-state index is 4.30. The predicted octanol–water partition coefficient (Wildman–Crippen LogP) is 3.54. The van der Waals surface area contributed by atoms with Crippen LogP contribution in [0.25, 0.3) is 10.2 Å². The molecule has 0 aliphatic heterocycles. The van der Waals surface area contributed by atoms with Crippen LogP contribution < -0.4 is 5.32 Å². The Balaban J connectivity index is 2.18. The van der Waals surface area contributed by atoms with E-state index in [0.717, 1.165) is 29.0 Å². The van der Waals surface area contributed by atoms with Gasteiger partial charge in [0.15, 0.2) is 0 Å². The van der Waals surface area contributed by atoms with Gasteiger partial charge < -0.3 is 5.32 Å². The van der Waals surface area contributed by atoms with Crippen LogP contribution in [0.5, 0.6) is 0 Å². The molecule has 2 aromatic rings. The Hall–Kier alpha value is -1.16. The summed E-state index contributed by atoms with van der Waals surface area (Å²) in [4.78, 5) is 8.53. The number of fused-ring (bicyclic) bond motifs is 1. The Kier molecular flexibility index (Phi) is 3.10. The maximum atomic E-state index is 4.30. The first kappa shape index (κ1) is 11.3. The number of rotatable bonds is 4. The molecular weight excluding hydrogens is 218 g/mol. The smallest absolute Gasteiger partial charge is 0.147 e. The molecule has 2 rings (SSSR count). The molecule has 2 heterocycles. The zero-order valence-corrected chi connectivity index (χ0v) is 10.8. The molecular formula is C12H17N3S. The molecule has 0 aliphatic rings. The SMILES string of the molecule is CCC(C)(C)CNc1ncnc2ccsc12. The first-order valence-electron chi connectivity index (χ1n) is 5.54. The van der Waals surface area contributed by atoms with Gasteiger partial charge in [0.1, 0.15) is 12.1 Å². The van der Waals surface area contributed by atoms with Crippen LogP contribution in [0.3, 0.4) is 0 Å². The van der Waals surface area contributed by atoms with Crippen molar-refractivity contribution >= 4 is 27.4 Å². The van der Waals surface area contributed by atoms with Crippen LogP contribution in [-0.2, 0) is 0 Å². The van der Waals surface area contributed by atoms with E-state index in [1.54, 1.807) is 17.7 Å². The van der Waals surface area contributed by atoms with Gasteiger partial charge in [-0.2, -0.15) is 0 Å². The summed E-state index contributed by atoms with van der Waals surface area (Å²) < 4.78 is 1.15. The Bertz CT molecular complexity index is 476. The summed E-state index contributed by atoms with van der Waals surface area (Å²) >= 11 is 1.68. The molecule has 0 saturated carbocycles. The number of nitrogens with one attached hydrogen (secondary N) is 1. The lowest BCUT2D eigenvalue weighted by Crippen LogP contribution is -2.22. The first-order chi connectivity index (χ1) is 7.62. The van der Waals surface area contributed by atoms with Crippen molar-refractivity contribution in [2.45, 2.75) is 27.2 Å². The van der Waals surface area contributed by atoms with Gasteiger partial charge in [-0.25, -0.2) is 9.97 Å². The molecule has 0 saturated heterocycles. The minimum Gasteiger partial charge on any atom is -0.368 e. The highest BCUT2D eigenvalue weighted by Crippen LogP contribution is 2.26. The fraction of sp³-hybridized carbons (Fsp3) is 0.500. The summed E-state index contributed by atoms with van der Waals surface area (Å²) in [6.07, 6.45) is 2.77. The molecule has 3 nitrogen and oxygen atoms in total. The van der Waals surface area contributed by atoms with Crippen molar-refractivity contribution in [3.8, 4) is 0 Å². The minimum atomic E-state index is 0.300. The van der Waals surface area contributed by atoms with Crippen LogP contribution in [-0.4, -0.2) is 16.5 Å². The van der Waals surface area contributed by atoms with Gasteiger partial charge in [-0.3, -0.25) is 0 Å². The fourth-order valence-corrected chi connectivity index (χ4v) is 2.17. The highest BCUT2D eigenvalue weighted by molar-refractivity contribution is 7.17. The van der Waals surface area contributed by atoms with E-state index in [0.29, 0.717) is 5.41 Å². The van der Waals surface area contributed by atoms with Gasteiger partial charge in [-0.1, -0.05) is 20.8 Å². The van der Waals surface area contributed by atoms with E-state index in [2.05, 4.69) is 41.4 Å². The van der Waals surface area contributed by atoms with Gasteiger partial charge in [0, 0.05) is 6.54 Å². The Morgan fingerprint density at radius 1 is 1.38 bits per heavy atom. The molecule has 0 fully saturated rings. The van der Waals surface area contributed by atoms with Gasteiger partial charge in [-0.05, 0) is 23.3 Å². The molecule has 2 aromatic heterocycles. The number of hydrogen-bond acceptors (Lipinski definition) is 4. The zero-order chi connectivity index (χ0) is 11.6. The average Bonchev–Trinajstić information content (AvgIpc) is 2.75. The summed E-state index contributed by atoms with van der Waals surface area (Å²) in [5.41, 5.74) is 1.32. The van der Waals surface area contributed by atoms with E-state index in [9.17, 15) is 0 Å². The largest absolute Gasteiger partial charge is 0.368 e. The predicted molar refractivity (Wildman–Crippen MR) is 70.0 cm³/mol. The van der Waals surface area contributed by atoms with E-state index < -0.39 is 0 Å². The number of nitrogens with zero attached hydrogens (tertiary/aromatic N) is 2. The summed E-state index contributed by atoms with van der Waals surface area (Å²) in [7, 11) is 0. The molecule has 0 atom stereocenters. The average molecular weight is 235 g/mol. The lowest BCUT2D eigenvalue weighted by Gasteiger charge is -2.23. The molecule has 0 spiro atoms. The second-order valence-corrected chi connectivity index (χ2v) is 5.64. The minimum absolute atomic E-state index is 0.300. The van der Waals surface area contributed by atoms with Crippen LogP contribution in [0.15, 0.2) is 17.8 Å². The Morgan fingerprint density at radius 3 is 2.94 bits per heavy atom. The lowest BCUT2D eigenvalue weighted by atomic mass is 9.90. The first-order valence-corrected chi connectivity index (χ1v) is 6.42. The highest BCUT2D eigenvalue weighted by atomic mass is 32.1. The van der Waals surface area contributed by atoms with Gasteiger partial charge in [0.05, 0.1) is 10.2 Å². The van der Waals surface area contributed by atoms with Crippen molar-refractivity contribution in [3.63, 3.8) is 0 Å². The van der Waals surface area contributed by atoms with Crippen molar-refractivity contribution < 1.29 is 0 Å². The summed E-state index contributed by atoms with van der Waals surface area (Å²) in [5, 5.41) is 5.48. The second kappa shape index (κ2) is 4.37. The third kappa shape index (κ3) is 2.32. The number of thiophene rings is 1. The third-order valence-electron chi connectivity index (χ3n) is 2.93. The van der Waals surface area contributed by atoms with Crippen LogP contribution in [0.4, 0.5) is 5.82 Å². The molecule has 0 radical (unpaired) electrons. The van der Waals surface area contributed by atoms with Gasteiger partial charge in [0.25, 0.3) is 0 Å². The van der Waals surface area contributed by atoms with Gasteiger partial charge >= 0.3 is 0 Å². The van der Waals surface area contributed by atoms with Gasteiger partial charge in [0.2, 0.25) is 0 Å². The van der Waals surface area contributed by atoms with Crippen molar-refractivity contribution in [1.82, 2.24) is 9.97 Å². The molecule has 86 valence electrons. The zero-order valence-electron chi connectivity index (χ0n) is 9.95. The molecule has 0 aromatic carbocycles. The van der Waals surface area contributed by atoms with Crippen molar-refractivity contribution in [3.05, 3.63) is 17.8 Å². The Morgan fingerprint density at radius 2 is 2.19 bits per heavy atom. The van der Waals surface area contributed by atoms with Crippen molar-refractivity contribution in [2.75, 3.05) is 11.9 Å². The summed E-state index contributed by atoms with van der Waals surface area (Å²) in [5.74, 6) is 0.960. The molecule has 1 N–H and O–H groups in total. The lowest BCUT2D eigenvalue weighted by molar-refractivity contribution is 0.376. The molecule has 0 unspecified atom stereocenters. The normalized spacial score (nSPS) is 11.9. The van der Waals surface area contributed by atoms with Crippen LogP contribution in [0, 0.1) is 5.41 Å². The molecule has 16 heavy (non-hydrogen) atoms. The van der Waals surface area contributed by atoms with Crippen molar-refractivity contribution in [2.24, 2.45) is 5.41 Å². The number of anilines is 1. The van der Waals surface area contributed by atoms with Crippen LogP contribution in [0.1, 0.15) is 27.2 Å². The maximum Gasteiger partial charge on any atom is 0.147 e. The van der Waals surface area contributed by atoms with E-state index in [1.807, 2.05) is 6.07 Å². The van der Waals surface area contributed by atoms with E-state index in [-0.39, 0.29) is 0 Å². The quantitative estimate of drug-likeness (QED) is 0.880. The van der Waals surface area contributed by atoms with Crippen LogP contribution >= 0.6 is 11.3 Å². The summed E-state index contributed by atoms with van der Waals surface area (Å²) in [6, 6.07) is 2.03. The third-order valence-corrected chi connectivity index (χ3v) is 3.85. The number of aromatic nitrogens is 2. The molecule has 0 aliphatic carbocycles.